The Morgan fingerprint density at radius 3 is 2.72 bits per heavy atom. The van der Waals surface area contributed by atoms with Gasteiger partial charge in [-0.25, -0.2) is 14.8 Å². The molecule has 0 bridgehead atoms. The van der Waals surface area contributed by atoms with E-state index in [4.69, 9.17) is 4.74 Å². The molecule has 0 unspecified atom stereocenters. The molecular weight excluding hydrogens is 323 g/mol. The molecule has 0 aliphatic heterocycles. The average Bonchev–Trinajstić information content (AvgIpc) is 2.60. The molecule has 2 aromatic rings. The quantitative estimate of drug-likeness (QED) is 0.603. The standard InChI is InChI=1S/C18H21FN4O2/c1-3-4-5-6-11-23(2)18(24)22-14-7-9-15(10-8-14)25-17-12-16(19)20-13-21-17/h4-5,7-10,12-13H,3,6,11H2,1-2H3,(H,22,24)/b5-4+. The maximum Gasteiger partial charge on any atom is 0.321 e. The number of hydrogen-bond acceptors (Lipinski definition) is 4. The summed E-state index contributed by atoms with van der Waals surface area (Å²) in [5, 5.41) is 2.80. The number of aromatic nitrogens is 2. The molecule has 0 aliphatic carbocycles. The predicted molar refractivity (Wildman–Crippen MR) is 94.2 cm³/mol. The van der Waals surface area contributed by atoms with Crippen molar-refractivity contribution in [2.24, 2.45) is 0 Å². The molecule has 0 radical (unpaired) electrons. The van der Waals surface area contributed by atoms with Gasteiger partial charge in [-0.2, -0.15) is 4.39 Å². The first-order valence-corrected chi connectivity index (χ1v) is 8.01. The van der Waals surface area contributed by atoms with Crippen LogP contribution in [0.3, 0.4) is 0 Å². The number of ether oxygens (including phenoxy) is 1. The lowest BCUT2D eigenvalue weighted by Crippen LogP contribution is -2.31. The minimum atomic E-state index is -0.661. The van der Waals surface area contributed by atoms with Gasteiger partial charge in [-0.05, 0) is 37.1 Å². The van der Waals surface area contributed by atoms with Crippen LogP contribution in [-0.4, -0.2) is 34.5 Å². The lowest BCUT2D eigenvalue weighted by molar-refractivity contribution is 0.223. The van der Waals surface area contributed by atoms with Crippen LogP contribution >= 0.6 is 0 Å². The van der Waals surface area contributed by atoms with Crippen molar-refractivity contribution in [3.63, 3.8) is 0 Å². The number of hydrogen-bond donors (Lipinski definition) is 1. The third-order valence-corrected chi connectivity index (χ3v) is 3.32. The van der Waals surface area contributed by atoms with Gasteiger partial charge < -0.3 is 15.0 Å². The van der Waals surface area contributed by atoms with E-state index in [0.29, 0.717) is 18.0 Å². The Hall–Kier alpha value is -2.96. The molecule has 0 saturated carbocycles. The highest BCUT2D eigenvalue weighted by Gasteiger charge is 2.08. The number of allylic oxidation sites excluding steroid dienone is 1. The van der Waals surface area contributed by atoms with Gasteiger partial charge in [0, 0.05) is 19.3 Å². The monoisotopic (exact) mass is 344 g/mol. The topological polar surface area (TPSA) is 67.4 Å². The zero-order chi connectivity index (χ0) is 18.1. The first kappa shape index (κ1) is 18.4. The second-order valence-electron chi connectivity index (χ2n) is 5.33. The summed E-state index contributed by atoms with van der Waals surface area (Å²) >= 11 is 0. The number of carbonyl (C=O) groups excluding carboxylic acids is 1. The molecule has 1 heterocycles. The first-order chi connectivity index (χ1) is 12.1. The molecule has 132 valence electrons. The molecule has 0 atom stereocenters. The molecule has 0 saturated heterocycles. The fraction of sp³-hybridized carbons (Fsp3) is 0.278. The van der Waals surface area contributed by atoms with E-state index in [1.54, 1.807) is 36.2 Å². The molecule has 6 nitrogen and oxygen atoms in total. The van der Waals surface area contributed by atoms with E-state index >= 15 is 0 Å². The van der Waals surface area contributed by atoms with Crippen molar-refractivity contribution in [3.05, 3.63) is 54.8 Å². The van der Waals surface area contributed by atoms with E-state index in [1.165, 1.54) is 0 Å². The van der Waals surface area contributed by atoms with Crippen molar-refractivity contribution < 1.29 is 13.9 Å². The third kappa shape index (κ3) is 6.21. The highest BCUT2D eigenvalue weighted by atomic mass is 19.1. The Labute approximate surface area is 146 Å². The maximum absolute atomic E-state index is 13.0. The Balaban J connectivity index is 1.87. The summed E-state index contributed by atoms with van der Waals surface area (Å²) in [5.74, 6) is -0.0657. The van der Waals surface area contributed by atoms with E-state index < -0.39 is 5.95 Å². The SMILES string of the molecule is CC/C=C/CCN(C)C(=O)Nc1ccc(Oc2cc(F)ncn2)cc1. The van der Waals surface area contributed by atoms with Crippen LogP contribution in [0, 0.1) is 5.95 Å². The van der Waals surface area contributed by atoms with Crippen LogP contribution in [0.2, 0.25) is 0 Å². The smallest absolute Gasteiger partial charge is 0.321 e. The molecule has 0 fully saturated rings. The van der Waals surface area contributed by atoms with Crippen molar-refractivity contribution in [1.82, 2.24) is 14.9 Å². The van der Waals surface area contributed by atoms with E-state index in [0.717, 1.165) is 25.2 Å². The Morgan fingerprint density at radius 1 is 1.28 bits per heavy atom. The number of benzene rings is 1. The van der Waals surface area contributed by atoms with Crippen LogP contribution in [0.5, 0.6) is 11.6 Å². The van der Waals surface area contributed by atoms with Gasteiger partial charge in [0.15, 0.2) is 0 Å². The minimum absolute atomic E-state index is 0.115. The van der Waals surface area contributed by atoms with Gasteiger partial charge >= 0.3 is 6.03 Å². The maximum atomic E-state index is 13.0. The van der Waals surface area contributed by atoms with Crippen LogP contribution in [0.4, 0.5) is 14.9 Å². The number of amides is 2. The van der Waals surface area contributed by atoms with Gasteiger partial charge in [-0.1, -0.05) is 19.1 Å². The summed E-state index contributed by atoms with van der Waals surface area (Å²) in [6.07, 6.45) is 7.04. The normalized spacial score (nSPS) is 10.7. The van der Waals surface area contributed by atoms with Crippen LogP contribution in [-0.2, 0) is 0 Å². The Kier molecular flexibility index (Phi) is 6.88. The number of carbonyl (C=O) groups is 1. The van der Waals surface area contributed by atoms with Crippen molar-refractivity contribution in [2.45, 2.75) is 19.8 Å². The van der Waals surface area contributed by atoms with Crippen molar-refractivity contribution in [3.8, 4) is 11.6 Å². The fourth-order valence-corrected chi connectivity index (χ4v) is 1.97. The molecular formula is C18H21FN4O2. The highest BCUT2D eigenvalue weighted by Crippen LogP contribution is 2.21. The second-order valence-corrected chi connectivity index (χ2v) is 5.33. The molecule has 1 N–H and O–H groups in total. The van der Waals surface area contributed by atoms with Gasteiger partial charge in [0.25, 0.3) is 0 Å². The summed E-state index contributed by atoms with van der Waals surface area (Å²) in [4.78, 5) is 20.9. The van der Waals surface area contributed by atoms with Crippen molar-refractivity contribution in [1.29, 1.82) is 0 Å². The summed E-state index contributed by atoms with van der Waals surface area (Å²) in [5.41, 5.74) is 0.641. The molecule has 1 aromatic heterocycles. The zero-order valence-electron chi connectivity index (χ0n) is 14.3. The Bertz CT molecular complexity index is 719. The number of anilines is 1. The van der Waals surface area contributed by atoms with Crippen LogP contribution in [0.1, 0.15) is 19.8 Å². The van der Waals surface area contributed by atoms with Crippen LogP contribution < -0.4 is 10.1 Å². The molecule has 0 spiro atoms. The van der Waals surface area contributed by atoms with E-state index in [-0.39, 0.29) is 11.9 Å². The lowest BCUT2D eigenvalue weighted by Gasteiger charge is -2.17. The fourth-order valence-electron chi connectivity index (χ4n) is 1.97. The molecule has 1 aromatic carbocycles. The molecule has 7 heteroatoms. The van der Waals surface area contributed by atoms with E-state index in [2.05, 4.69) is 34.4 Å². The highest BCUT2D eigenvalue weighted by molar-refractivity contribution is 5.89. The summed E-state index contributed by atoms with van der Waals surface area (Å²) < 4.78 is 18.4. The molecule has 2 amide bonds. The van der Waals surface area contributed by atoms with Gasteiger partial charge in [0.05, 0.1) is 6.07 Å². The van der Waals surface area contributed by atoms with E-state index in [1.807, 2.05) is 0 Å². The largest absolute Gasteiger partial charge is 0.439 e. The van der Waals surface area contributed by atoms with Gasteiger partial charge in [0.1, 0.15) is 12.1 Å². The molecule has 0 aliphatic rings. The Morgan fingerprint density at radius 2 is 2.04 bits per heavy atom. The summed E-state index contributed by atoms with van der Waals surface area (Å²) in [6.45, 7) is 2.71. The number of nitrogens with zero attached hydrogens (tertiary/aromatic N) is 3. The lowest BCUT2D eigenvalue weighted by atomic mass is 10.3. The average molecular weight is 344 g/mol. The van der Waals surface area contributed by atoms with Gasteiger partial charge in [-0.15, -0.1) is 0 Å². The number of nitrogens with one attached hydrogen (secondary N) is 1. The van der Waals surface area contributed by atoms with Crippen molar-refractivity contribution >= 4 is 11.7 Å². The number of halogens is 1. The van der Waals surface area contributed by atoms with E-state index in [9.17, 15) is 9.18 Å². The van der Waals surface area contributed by atoms with Gasteiger partial charge in [0.2, 0.25) is 11.8 Å². The summed E-state index contributed by atoms with van der Waals surface area (Å²) in [6, 6.07) is 7.65. The predicted octanol–water partition coefficient (Wildman–Crippen LogP) is 4.23. The van der Waals surface area contributed by atoms with Crippen molar-refractivity contribution in [2.75, 3.05) is 18.9 Å². The number of urea groups is 1. The zero-order valence-corrected chi connectivity index (χ0v) is 14.3. The second kappa shape index (κ2) is 9.36. The third-order valence-electron chi connectivity index (χ3n) is 3.32. The summed E-state index contributed by atoms with van der Waals surface area (Å²) in [7, 11) is 1.75. The molecule has 25 heavy (non-hydrogen) atoms. The number of rotatable bonds is 7. The van der Waals surface area contributed by atoms with Crippen LogP contribution in [0.15, 0.2) is 48.8 Å². The minimum Gasteiger partial charge on any atom is -0.439 e. The molecule has 2 rings (SSSR count). The first-order valence-electron chi connectivity index (χ1n) is 8.01. The van der Waals surface area contributed by atoms with Gasteiger partial charge in [-0.3, -0.25) is 0 Å². The van der Waals surface area contributed by atoms with Crippen LogP contribution in [0.25, 0.3) is 0 Å².